The molecule has 26 heavy (non-hydrogen) atoms. The maximum atomic E-state index is 12.5. The molecule has 1 heterocycles. The molecule has 0 aliphatic heterocycles. The number of halogens is 1. The lowest BCUT2D eigenvalue weighted by Gasteiger charge is -2.17. The van der Waals surface area contributed by atoms with E-state index in [1.807, 2.05) is 6.07 Å². The fourth-order valence-corrected chi connectivity index (χ4v) is 3.93. The fourth-order valence-electron chi connectivity index (χ4n) is 3.74. The third-order valence-electron chi connectivity index (χ3n) is 4.96. The van der Waals surface area contributed by atoms with Crippen molar-refractivity contribution in [2.75, 3.05) is 5.32 Å². The summed E-state index contributed by atoms with van der Waals surface area (Å²) in [6.45, 7) is 4.14. The van der Waals surface area contributed by atoms with Crippen LogP contribution in [0.4, 0.5) is 5.69 Å². The van der Waals surface area contributed by atoms with Gasteiger partial charge in [-0.15, -0.1) is 0 Å². The van der Waals surface area contributed by atoms with E-state index in [0.29, 0.717) is 16.8 Å². The molecule has 0 unspecified atom stereocenters. The molecule has 1 aliphatic carbocycles. The van der Waals surface area contributed by atoms with Gasteiger partial charge in [0.2, 0.25) is 0 Å². The molecule has 1 aliphatic rings. The van der Waals surface area contributed by atoms with Gasteiger partial charge in [-0.25, -0.2) is 0 Å². The lowest BCUT2D eigenvalue weighted by molar-refractivity contribution is -0.112. The van der Waals surface area contributed by atoms with Crippen LogP contribution in [-0.4, -0.2) is 10.5 Å². The first-order valence-corrected chi connectivity index (χ1v) is 9.24. The van der Waals surface area contributed by atoms with Crippen molar-refractivity contribution in [3.8, 4) is 6.07 Å². The Morgan fingerprint density at radius 1 is 1.31 bits per heavy atom. The third kappa shape index (κ3) is 3.84. The molecule has 0 radical (unpaired) electrons. The lowest BCUT2D eigenvalue weighted by Crippen LogP contribution is -2.13. The van der Waals surface area contributed by atoms with Gasteiger partial charge in [0.05, 0.1) is 0 Å². The summed E-state index contributed by atoms with van der Waals surface area (Å²) in [4.78, 5) is 12.5. The van der Waals surface area contributed by atoms with Crippen LogP contribution in [-0.2, 0) is 4.79 Å². The Labute approximate surface area is 159 Å². The molecule has 0 spiro atoms. The molecule has 5 heteroatoms. The van der Waals surface area contributed by atoms with Crippen molar-refractivity contribution >= 4 is 29.3 Å². The van der Waals surface area contributed by atoms with Crippen molar-refractivity contribution in [2.45, 2.75) is 45.6 Å². The summed E-state index contributed by atoms with van der Waals surface area (Å²) in [5, 5.41) is 12.7. The number of nitrogens with zero attached hydrogens (tertiary/aromatic N) is 2. The number of carbonyl (C=O) groups is 1. The maximum Gasteiger partial charge on any atom is 0.266 e. The second-order valence-electron chi connectivity index (χ2n) is 6.77. The smallest absolute Gasteiger partial charge is 0.266 e. The van der Waals surface area contributed by atoms with E-state index < -0.39 is 5.91 Å². The number of benzene rings is 1. The van der Waals surface area contributed by atoms with Crippen molar-refractivity contribution < 1.29 is 4.79 Å². The number of nitriles is 1. The van der Waals surface area contributed by atoms with Crippen LogP contribution in [0.3, 0.4) is 0 Å². The van der Waals surface area contributed by atoms with Crippen LogP contribution in [0.25, 0.3) is 6.08 Å². The third-order valence-corrected chi connectivity index (χ3v) is 5.20. The first-order chi connectivity index (χ1) is 12.5. The Bertz CT molecular complexity index is 898. The van der Waals surface area contributed by atoms with E-state index in [9.17, 15) is 10.1 Å². The molecule has 1 saturated carbocycles. The van der Waals surface area contributed by atoms with E-state index in [1.54, 1.807) is 30.3 Å². The summed E-state index contributed by atoms with van der Waals surface area (Å²) in [7, 11) is 0. The highest BCUT2D eigenvalue weighted by molar-refractivity contribution is 6.31. The van der Waals surface area contributed by atoms with Crippen molar-refractivity contribution in [3.63, 3.8) is 0 Å². The van der Waals surface area contributed by atoms with Gasteiger partial charge >= 0.3 is 0 Å². The van der Waals surface area contributed by atoms with Crippen LogP contribution in [0.2, 0.25) is 5.02 Å². The Morgan fingerprint density at radius 2 is 2.04 bits per heavy atom. The van der Waals surface area contributed by atoms with E-state index >= 15 is 0 Å². The molecule has 1 fully saturated rings. The molecule has 0 atom stereocenters. The molecule has 2 aromatic rings. The molecule has 3 rings (SSSR count). The number of anilines is 1. The van der Waals surface area contributed by atoms with Gasteiger partial charge in [-0.1, -0.05) is 30.5 Å². The van der Waals surface area contributed by atoms with Crippen molar-refractivity contribution in [3.05, 3.63) is 57.9 Å². The summed E-state index contributed by atoms with van der Waals surface area (Å²) in [6, 6.07) is 11.5. The van der Waals surface area contributed by atoms with Crippen LogP contribution < -0.4 is 5.32 Å². The van der Waals surface area contributed by atoms with E-state index in [-0.39, 0.29) is 5.57 Å². The average Bonchev–Trinajstić information content (AvgIpc) is 3.20. The lowest BCUT2D eigenvalue weighted by atomic mass is 10.1. The number of amides is 1. The van der Waals surface area contributed by atoms with Crippen molar-refractivity contribution in [2.24, 2.45) is 0 Å². The Hall–Kier alpha value is -2.51. The number of carbonyl (C=O) groups excluding carboxylic acids is 1. The number of hydrogen-bond donors (Lipinski definition) is 1. The highest BCUT2D eigenvalue weighted by Gasteiger charge is 2.21. The summed E-state index contributed by atoms with van der Waals surface area (Å²) in [5.74, 6) is -0.430. The van der Waals surface area contributed by atoms with Gasteiger partial charge in [0.15, 0.2) is 0 Å². The topological polar surface area (TPSA) is 57.8 Å². The fraction of sp³-hybridized carbons (Fsp3) is 0.333. The molecule has 0 bridgehead atoms. The Kier molecular flexibility index (Phi) is 5.49. The zero-order valence-electron chi connectivity index (χ0n) is 15.1. The zero-order valence-corrected chi connectivity index (χ0v) is 15.8. The first kappa shape index (κ1) is 18.3. The van der Waals surface area contributed by atoms with Gasteiger partial charge in [-0.2, -0.15) is 5.26 Å². The predicted octanol–water partition coefficient (Wildman–Crippen LogP) is 5.42. The van der Waals surface area contributed by atoms with Crippen LogP contribution in [0, 0.1) is 25.2 Å². The molecule has 1 aromatic heterocycles. The number of nitrogens with one attached hydrogen (secondary N) is 1. The molecular formula is C21H22ClN3O. The van der Waals surface area contributed by atoms with Crippen molar-refractivity contribution in [1.82, 2.24) is 4.57 Å². The van der Waals surface area contributed by atoms with E-state index in [4.69, 9.17) is 11.6 Å². The average molecular weight is 368 g/mol. The minimum absolute atomic E-state index is 0.0802. The number of aromatic nitrogens is 1. The second kappa shape index (κ2) is 7.80. The molecule has 134 valence electrons. The Balaban J connectivity index is 1.86. The Morgan fingerprint density at radius 3 is 2.69 bits per heavy atom. The van der Waals surface area contributed by atoms with E-state index in [1.165, 1.54) is 31.4 Å². The van der Waals surface area contributed by atoms with Crippen LogP contribution in [0.1, 0.15) is 48.7 Å². The first-order valence-electron chi connectivity index (χ1n) is 8.86. The number of rotatable bonds is 4. The van der Waals surface area contributed by atoms with E-state index in [0.717, 1.165) is 11.3 Å². The second-order valence-corrected chi connectivity index (χ2v) is 7.21. The summed E-state index contributed by atoms with van der Waals surface area (Å²) in [6.07, 6.45) is 6.59. The highest BCUT2D eigenvalue weighted by atomic mass is 35.5. The van der Waals surface area contributed by atoms with Crippen LogP contribution >= 0.6 is 11.6 Å². The maximum absolute atomic E-state index is 12.5. The summed E-state index contributed by atoms with van der Waals surface area (Å²) in [5.41, 5.74) is 3.86. The minimum Gasteiger partial charge on any atom is -0.346 e. The molecular weight excluding hydrogens is 346 g/mol. The number of aryl methyl sites for hydroxylation is 1. The normalized spacial score (nSPS) is 15.1. The van der Waals surface area contributed by atoms with Crippen LogP contribution in [0.15, 0.2) is 35.9 Å². The van der Waals surface area contributed by atoms with Gasteiger partial charge in [0, 0.05) is 28.1 Å². The monoisotopic (exact) mass is 367 g/mol. The zero-order chi connectivity index (χ0) is 18.7. The largest absolute Gasteiger partial charge is 0.346 e. The summed E-state index contributed by atoms with van der Waals surface area (Å²) < 4.78 is 2.35. The quantitative estimate of drug-likeness (QED) is 0.579. The molecule has 1 amide bonds. The minimum atomic E-state index is -0.430. The van der Waals surface area contributed by atoms with Gasteiger partial charge in [-0.05, 0) is 62.6 Å². The van der Waals surface area contributed by atoms with E-state index in [2.05, 4.69) is 29.8 Å². The highest BCUT2D eigenvalue weighted by Crippen LogP contribution is 2.33. The van der Waals surface area contributed by atoms with Crippen molar-refractivity contribution in [1.29, 1.82) is 5.26 Å². The van der Waals surface area contributed by atoms with Gasteiger partial charge in [-0.3, -0.25) is 4.79 Å². The number of hydrogen-bond acceptors (Lipinski definition) is 2. The molecule has 0 saturated heterocycles. The predicted molar refractivity (Wildman–Crippen MR) is 105 cm³/mol. The van der Waals surface area contributed by atoms with Crippen LogP contribution in [0.5, 0.6) is 0 Å². The summed E-state index contributed by atoms with van der Waals surface area (Å²) >= 11 is 5.94. The standard InChI is InChI=1S/C21H22ClN3O/c1-14-10-16(15(2)25(14)20-8-3-4-9-20)11-17(13-23)21(26)24-19-7-5-6-18(22)12-19/h5-7,10-12,20H,3-4,8-9H2,1-2H3,(H,24,26)/b17-11-. The van der Waals surface area contributed by atoms with Gasteiger partial charge < -0.3 is 9.88 Å². The van der Waals surface area contributed by atoms with Gasteiger partial charge in [0.1, 0.15) is 11.6 Å². The molecule has 1 aromatic carbocycles. The molecule has 4 nitrogen and oxygen atoms in total. The SMILES string of the molecule is Cc1cc(/C=C(/C#N)C(=O)Nc2cccc(Cl)c2)c(C)n1C1CCCC1. The van der Waals surface area contributed by atoms with Gasteiger partial charge in [0.25, 0.3) is 5.91 Å². The molecule has 1 N–H and O–H groups in total.